The predicted octanol–water partition coefficient (Wildman–Crippen LogP) is 7.88. The van der Waals surface area contributed by atoms with Crippen molar-refractivity contribution >= 4 is 0 Å². The molecule has 1 heterocycles. The fraction of sp³-hybridized carbons (Fsp3) is 0.484. The molecule has 1 fully saturated rings. The van der Waals surface area contributed by atoms with Gasteiger partial charge in [0, 0.05) is 5.92 Å². The Kier molecular flexibility index (Phi) is 9.81. The fourth-order valence-electron chi connectivity index (χ4n) is 5.62. The lowest BCUT2D eigenvalue weighted by atomic mass is 9.68. The zero-order valence-electron chi connectivity index (χ0n) is 21.1. The molecule has 2 aromatic rings. The molecule has 0 radical (unpaired) electrons. The highest BCUT2D eigenvalue weighted by atomic mass is 16.3. The molecule has 2 heteroatoms. The second kappa shape index (κ2) is 12.8. The highest BCUT2D eigenvalue weighted by Crippen LogP contribution is 2.46. The van der Waals surface area contributed by atoms with Gasteiger partial charge in [-0.2, -0.15) is 0 Å². The Balaban J connectivity index is 0.000000728. The van der Waals surface area contributed by atoms with E-state index in [0.29, 0.717) is 23.5 Å². The molecule has 33 heavy (non-hydrogen) atoms. The third kappa shape index (κ3) is 5.98. The number of piperidine rings is 1. The number of hydrogen-bond acceptors (Lipinski definition) is 2. The predicted molar refractivity (Wildman–Crippen MR) is 142 cm³/mol. The minimum Gasteiger partial charge on any atom is -0.508 e. The van der Waals surface area contributed by atoms with Crippen molar-refractivity contribution in [2.45, 2.75) is 78.1 Å². The number of benzene rings is 2. The summed E-state index contributed by atoms with van der Waals surface area (Å²) in [6, 6.07) is 15.5. The summed E-state index contributed by atoms with van der Waals surface area (Å²) in [4.78, 5) is 0. The summed E-state index contributed by atoms with van der Waals surface area (Å²) >= 11 is 0. The molecular weight excluding hydrogens is 402 g/mol. The normalized spacial score (nSPS) is 22.1. The highest BCUT2D eigenvalue weighted by Gasteiger charge is 2.33. The minimum absolute atomic E-state index is 0.371. The van der Waals surface area contributed by atoms with Crippen LogP contribution in [0.2, 0.25) is 0 Å². The number of phenolic OH excluding ortho intramolecular Hbond substituents is 1. The van der Waals surface area contributed by atoms with Crippen LogP contribution < -0.4 is 5.32 Å². The van der Waals surface area contributed by atoms with Gasteiger partial charge in [-0.25, -0.2) is 0 Å². The van der Waals surface area contributed by atoms with E-state index < -0.39 is 0 Å². The Labute approximate surface area is 201 Å². The van der Waals surface area contributed by atoms with E-state index in [-0.39, 0.29) is 0 Å². The Hall–Kier alpha value is -2.32. The van der Waals surface area contributed by atoms with Crippen LogP contribution in [0, 0.1) is 5.92 Å². The Morgan fingerprint density at radius 1 is 0.818 bits per heavy atom. The summed E-state index contributed by atoms with van der Waals surface area (Å²) in [7, 11) is 0. The van der Waals surface area contributed by atoms with Gasteiger partial charge in [0.2, 0.25) is 0 Å². The zero-order valence-corrected chi connectivity index (χ0v) is 21.1. The monoisotopic (exact) mass is 445 g/mol. The van der Waals surface area contributed by atoms with E-state index in [1.807, 2.05) is 39.8 Å². The van der Waals surface area contributed by atoms with E-state index in [4.69, 9.17) is 0 Å². The first-order chi connectivity index (χ1) is 16.3. The van der Waals surface area contributed by atoms with Gasteiger partial charge in [0.05, 0.1) is 0 Å². The maximum absolute atomic E-state index is 10.0. The first kappa shape index (κ1) is 25.3. The van der Waals surface area contributed by atoms with Gasteiger partial charge in [0.1, 0.15) is 5.75 Å². The number of aryl methyl sites for hydroxylation is 1. The van der Waals surface area contributed by atoms with Crippen molar-refractivity contribution in [3.8, 4) is 5.75 Å². The molecule has 0 spiro atoms. The molecule has 2 nitrogen and oxygen atoms in total. The second-order valence-corrected chi connectivity index (χ2v) is 8.88. The SMILES string of the molecule is CC.CC.Oc1ccc2c(c1)CCC(C1=CCCC=C1)C2c1ccc(C2CCNCC2)cc1. The van der Waals surface area contributed by atoms with E-state index in [9.17, 15) is 5.11 Å². The van der Waals surface area contributed by atoms with E-state index >= 15 is 0 Å². The molecule has 2 aromatic carbocycles. The van der Waals surface area contributed by atoms with Crippen LogP contribution in [0.15, 0.2) is 66.3 Å². The molecule has 2 aliphatic carbocycles. The van der Waals surface area contributed by atoms with Gasteiger partial charge in [-0.3, -0.25) is 0 Å². The summed E-state index contributed by atoms with van der Waals surface area (Å²) in [5.41, 5.74) is 7.12. The van der Waals surface area contributed by atoms with Gasteiger partial charge >= 0.3 is 0 Å². The van der Waals surface area contributed by atoms with E-state index in [1.54, 1.807) is 0 Å². The first-order valence-corrected chi connectivity index (χ1v) is 13.3. The molecular formula is C31H43NO. The van der Waals surface area contributed by atoms with Crippen LogP contribution in [0.25, 0.3) is 0 Å². The summed E-state index contributed by atoms with van der Waals surface area (Å²) in [6.07, 6.45) is 14.1. The van der Waals surface area contributed by atoms with Gasteiger partial charge in [-0.15, -0.1) is 0 Å². The zero-order chi connectivity index (χ0) is 23.6. The van der Waals surface area contributed by atoms with Gasteiger partial charge in [-0.05, 0) is 103 Å². The Morgan fingerprint density at radius 2 is 1.52 bits per heavy atom. The van der Waals surface area contributed by atoms with Crippen LogP contribution >= 0.6 is 0 Å². The summed E-state index contributed by atoms with van der Waals surface area (Å²) < 4.78 is 0. The van der Waals surface area contributed by atoms with Crippen molar-refractivity contribution in [1.29, 1.82) is 0 Å². The number of aromatic hydroxyl groups is 1. The van der Waals surface area contributed by atoms with Crippen molar-refractivity contribution < 1.29 is 5.11 Å². The number of phenols is 1. The van der Waals surface area contributed by atoms with Crippen LogP contribution in [0.1, 0.15) is 93.9 Å². The average molecular weight is 446 g/mol. The molecule has 1 aliphatic heterocycles. The van der Waals surface area contributed by atoms with Crippen LogP contribution in [0.5, 0.6) is 5.75 Å². The van der Waals surface area contributed by atoms with Crippen LogP contribution in [0.4, 0.5) is 0 Å². The number of nitrogens with one attached hydrogen (secondary N) is 1. The van der Waals surface area contributed by atoms with Crippen LogP contribution in [0.3, 0.4) is 0 Å². The quantitative estimate of drug-likeness (QED) is 0.503. The highest BCUT2D eigenvalue weighted by molar-refractivity contribution is 5.48. The first-order valence-electron chi connectivity index (χ1n) is 13.3. The van der Waals surface area contributed by atoms with Gasteiger partial charge in [0.15, 0.2) is 0 Å². The fourth-order valence-corrected chi connectivity index (χ4v) is 5.62. The summed E-state index contributed by atoms with van der Waals surface area (Å²) in [6.45, 7) is 10.3. The molecule has 2 unspecified atom stereocenters. The molecule has 0 amide bonds. The van der Waals surface area contributed by atoms with Crippen molar-refractivity contribution in [1.82, 2.24) is 5.32 Å². The van der Waals surface area contributed by atoms with Gasteiger partial charge in [-0.1, -0.05) is 76.3 Å². The molecule has 178 valence electrons. The lowest BCUT2D eigenvalue weighted by Crippen LogP contribution is -2.26. The summed E-state index contributed by atoms with van der Waals surface area (Å²) in [5, 5.41) is 13.5. The lowest BCUT2D eigenvalue weighted by molar-refractivity contribution is 0.455. The lowest BCUT2D eigenvalue weighted by Gasteiger charge is -2.36. The Morgan fingerprint density at radius 3 is 2.18 bits per heavy atom. The molecule has 3 aliphatic rings. The molecule has 5 rings (SSSR count). The number of hydrogen-bond donors (Lipinski definition) is 2. The van der Waals surface area contributed by atoms with Crippen molar-refractivity contribution in [3.63, 3.8) is 0 Å². The van der Waals surface area contributed by atoms with Crippen molar-refractivity contribution in [3.05, 3.63) is 88.5 Å². The standard InChI is InChI=1S/C27H31NO.2C2H6/c29-24-11-13-26-23(18-24)10-12-25(21-4-2-1-3-5-21)27(26)22-8-6-19(7-9-22)20-14-16-28-17-15-20;2*1-2/h2,4-9,11,13,18,20,25,27-29H,1,3,10,12,14-17H2;2*1-2H3. The third-order valence-corrected chi connectivity index (χ3v) is 7.15. The van der Waals surface area contributed by atoms with Gasteiger partial charge in [0.25, 0.3) is 0 Å². The molecule has 0 bridgehead atoms. The number of fused-ring (bicyclic) bond motifs is 1. The topological polar surface area (TPSA) is 32.3 Å². The average Bonchev–Trinajstić information content (AvgIpc) is 2.91. The largest absolute Gasteiger partial charge is 0.508 e. The van der Waals surface area contributed by atoms with Gasteiger partial charge < -0.3 is 10.4 Å². The molecule has 0 saturated carbocycles. The third-order valence-electron chi connectivity index (χ3n) is 7.15. The minimum atomic E-state index is 0.371. The van der Waals surface area contributed by atoms with E-state index in [1.165, 1.54) is 40.7 Å². The van der Waals surface area contributed by atoms with Crippen LogP contribution in [-0.4, -0.2) is 18.2 Å². The smallest absolute Gasteiger partial charge is 0.115 e. The molecule has 1 saturated heterocycles. The molecule has 2 N–H and O–H groups in total. The molecule has 0 aromatic heterocycles. The van der Waals surface area contributed by atoms with Crippen molar-refractivity contribution in [2.24, 2.45) is 5.92 Å². The number of allylic oxidation sites excluding steroid dienone is 4. The van der Waals surface area contributed by atoms with Crippen molar-refractivity contribution in [2.75, 3.05) is 13.1 Å². The molecule has 2 atom stereocenters. The van der Waals surface area contributed by atoms with E-state index in [0.717, 1.165) is 38.8 Å². The Bertz CT molecular complexity index is 918. The second-order valence-electron chi connectivity index (χ2n) is 8.88. The maximum atomic E-state index is 10.0. The maximum Gasteiger partial charge on any atom is 0.115 e. The van der Waals surface area contributed by atoms with Crippen LogP contribution in [-0.2, 0) is 6.42 Å². The number of rotatable bonds is 3. The summed E-state index contributed by atoms with van der Waals surface area (Å²) in [5.74, 6) is 1.98. The van der Waals surface area contributed by atoms with E-state index in [2.05, 4.69) is 53.9 Å².